The van der Waals surface area contributed by atoms with E-state index in [2.05, 4.69) is 10.6 Å². The van der Waals surface area contributed by atoms with E-state index >= 15 is 0 Å². The highest BCUT2D eigenvalue weighted by molar-refractivity contribution is 5.99. The first kappa shape index (κ1) is 14.1. The van der Waals surface area contributed by atoms with Crippen LogP contribution in [0.3, 0.4) is 0 Å². The number of urea groups is 1. The maximum Gasteiger partial charge on any atom is 0.323 e. The van der Waals surface area contributed by atoms with E-state index in [4.69, 9.17) is 0 Å². The number of hydrogen-bond acceptors (Lipinski definition) is 1. The van der Waals surface area contributed by atoms with Crippen molar-refractivity contribution in [2.45, 2.75) is 27.7 Å². The molecule has 2 rings (SSSR count). The van der Waals surface area contributed by atoms with Gasteiger partial charge in [-0.25, -0.2) is 4.79 Å². The van der Waals surface area contributed by atoms with Crippen molar-refractivity contribution in [3.63, 3.8) is 0 Å². The second kappa shape index (κ2) is 5.78. The van der Waals surface area contributed by atoms with Crippen molar-refractivity contribution in [1.29, 1.82) is 0 Å². The summed E-state index contributed by atoms with van der Waals surface area (Å²) in [5, 5.41) is 5.68. The van der Waals surface area contributed by atoms with Crippen LogP contribution in [0.4, 0.5) is 16.2 Å². The lowest BCUT2D eigenvalue weighted by molar-refractivity contribution is 0.262. The van der Waals surface area contributed by atoms with Crippen LogP contribution in [0.25, 0.3) is 0 Å². The number of amides is 2. The van der Waals surface area contributed by atoms with Crippen LogP contribution in [0.15, 0.2) is 36.4 Å². The molecular formula is C17H20N2O. The molecule has 20 heavy (non-hydrogen) atoms. The van der Waals surface area contributed by atoms with E-state index in [1.165, 1.54) is 11.1 Å². The van der Waals surface area contributed by atoms with Gasteiger partial charge >= 0.3 is 6.03 Å². The monoisotopic (exact) mass is 268 g/mol. The molecule has 0 heterocycles. The van der Waals surface area contributed by atoms with Crippen LogP contribution in [-0.4, -0.2) is 6.03 Å². The van der Waals surface area contributed by atoms with Crippen LogP contribution >= 0.6 is 0 Å². The number of nitrogens with one attached hydrogen (secondary N) is 2. The Hall–Kier alpha value is -2.29. The van der Waals surface area contributed by atoms with Crippen LogP contribution in [0.5, 0.6) is 0 Å². The van der Waals surface area contributed by atoms with E-state index in [-0.39, 0.29) is 6.03 Å². The normalized spacial score (nSPS) is 10.2. The molecule has 104 valence electrons. The molecule has 0 aliphatic heterocycles. The van der Waals surface area contributed by atoms with Gasteiger partial charge in [0.15, 0.2) is 0 Å². The molecule has 0 saturated heterocycles. The maximum atomic E-state index is 12.0. The number of carbonyl (C=O) groups is 1. The van der Waals surface area contributed by atoms with Crippen molar-refractivity contribution in [3.05, 3.63) is 58.7 Å². The van der Waals surface area contributed by atoms with Gasteiger partial charge in [0.2, 0.25) is 0 Å². The Kier molecular flexibility index (Phi) is 4.08. The van der Waals surface area contributed by atoms with Crippen molar-refractivity contribution < 1.29 is 4.79 Å². The molecule has 2 aromatic carbocycles. The van der Waals surface area contributed by atoms with Gasteiger partial charge < -0.3 is 10.6 Å². The van der Waals surface area contributed by atoms with E-state index in [1.54, 1.807) is 0 Å². The van der Waals surface area contributed by atoms with Gasteiger partial charge in [-0.2, -0.15) is 0 Å². The summed E-state index contributed by atoms with van der Waals surface area (Å²) in [7, 11) is 0. The summed E-state index contributed by atoms with van der Waals surface area (Å²) in [6, 6.07) is 11.5. The summed E-state index contributed by atoms with van der Waals surface area (Å²) in [6.45, 7) is 8.16. The second-order valence-corrected chi connectivity index (χ2v) is 5.18. The minimum atomic E-state index is -0.225. The maximum absolute atomic E-state index is 12.0. The van der Waals surface area contributed by atoms with Gasteiger partial charge in [-0.1, -0.05) is 12.1 Å². The number of anilines is 2. The number of hydrogen-bond donors (Lipinski definition) is 2. The number of rotatable bonds is 2. The van der Waals surface area contributed by atoms with E-state index in [9.17, 15) is 4.79 Å². The van der Waals surface area contributed by atoms with Gasteiger partial charge in [-0.05, 0) is 74.2 Å². The lowest BCUT2D eigenvalue weighted by Gasteiger charge is -2.10. The molecule has 2 aromatic rings. The topological polar surface area (TPSA) is 41.1 Å². The first-order chi connectivity index (χ1) is 9.45. The smallest absolute Gasteiger partial charge is 0.308 e. The summed E-state index contributed by atoms with van der Waals surface area (Å²) in [5.74, 6) is 0. The minimum absolute atomic E-state index is 0.225. The average molecular weight is 268 g/mol. The zero-order chi connectivity index (χ0) is 14.7. The molecular weight excluding hydrogens is 248 g/mol. The number of carbonyl (C=O) groups excluding carboxylic acids is 1. The molecule has 0 saturated carbocycles. The summed E-state index contributed by atoms with van der Waals surface area (Å²) in [4.78, 5) is 12.0. The Morgan fingerprint density at radius 3 is 1.45 bits per heavy atom. The third kappa shape index (κ3) is 3.38. The quantitative estimate of drug-likeness (QED) is 0.823. The predicted molar refractivity (Wildman–Crippen MR) is 84.5 cm³/mol. The molecule has 3 heteroatoms. The summed E-state index contributed by atoms with van der Waals surface area (Å²) in [6.07, 6.45) is 0. The minimum Gasteiger partial charge on any atom is -0.308 e. The van der Waals surface area contributed by atoms with Crippen molar-refractivity contribution in [1.82, 2.24) is 0 Å². The fourth-order valence-corrected chi connectivity index (χ4v) is 1.93. The molecule has 2 N–H and O–H groups in total. The lowest BCUT2D eigenvalue weighted by atomic mass is 10.1. The van der Waals surface area contributed by atoms with Crippen LogP contribution in [0, 0.1) is 27.7 Å². The Balaban J connectivity index is 2.04. The molecule has 0 fully saturated rings. The predicted octanol–water partition coefficient (Wildman–Crippen LogP) is 4.56. The van der Waals surface area contributed by atoms with Crippen LogP contribution < -0.4 is 10.6 Å². The van der Waals surface area contributed by atoms with Gasteiger partial charge in [0.1, 0.15) is 0 Å². The fraction of sp³-hybridized carbons (Fsp3) is 0.235. The molecule has 0 atom stereocenters. The highest BCUT2D eigenvalue weighted by Crippen LogP contribution is 2.16. The van der Waals surface area contributed by atoms with E-state index in [1.807, 2.05) is 64.1 Å². The molecule has 3 nitrogen and oxygen atoms in total. The van der Waals surface area contributed by atoms with Crippen molar-refractivity contribution in [2.75, 3.05) is 10.6 Å². The van der Waals surface area contributed by atoms with Gasteiger partial charge in [-0.15, -0.1) is 0 Å². The van der Waals surface area contributed by atoms with Gasteiger partial charge in [0.25, 0.3) is 0 Å². The summed E-state index contributed by atoms with van der Waals surface area (Å²) < 4.78 is 0. The van der Waals surface area contributed by atoms with Crippen LogP contribution in [-0.2, 0) is 0 Å². The van der Waals surface area contributed by atoms with Gasteiger partial charge in [-0.3, -0.25) is 0 Å². The van der Waals surface area contributed by atoms with Crippen molar-refractivity contribution in [3.8, 4) is 0 Å². The molecule has 0 aliphatic rings. The summed E-state index contributed by atoms with van der Waals surface area (Å²) >= 11 is 0. The van der Waals surface area contributed by atoms with E-state index in [0.717, 1.165) is 22.5 Å². The first-order valence-corrected chi connectivity index (χ1v) is 6.68. The first-order valence-electron chi connectivity index (χ1n) is 6.68. The third-order valence-corrected chi connectivity index (χ3v) is 3.53. The van der Waals surface area contributed by atoms with Crippen molar-refractivity contribution >= 4 is 17.4 Å². The van der Waals surface area contributed by atoms with Crippen molar-refractivity contribution in [2.24, 2.45) is 0 Å². The Bertz CT molecular complexity index is 592. The highest BCUT2D eigenvalue weighted by Gasteiger charge is 2.04. The molecule has 0 aromatic heterocycles. The number of aryl methyl sites for hydroxylation is 4. The number of benzene rings is 2. The van der Waals surface area contributed by atoms with Crippen LogP contribution in [0.1, 0.15) is 22.3 Å². The SMILES string of the molecule is Cc1ccc(NC(=O)Nc2ccc(C)c(C)c2)cc1C. The van der Waals surface area contributed by atoms with Gasteiger partial charge in [0, 0.05) is 11.4 Å². The molecule has 0 unspecified atom stereocenters. The lowest BCUT2D eigenvalue weighted by Crippen LogP contribution is -2.19. The third-order valence-electron chi connectivity index (χ3n) is 3.53. The zero-order valence-electron chi connectivity index (χ0n) is 12.4. The van der Waals surface area contributed by atoms with Gasteiger partial charge in [0.05, 0.1) is 0 Å². The van der Waals surface area contributed by atoms with Crippen LogP contribution in [0.2, 0.25) is 0 Å². The summed E-state index contributed by atoms with van der Waals surface area (Å²) in [5.41, 5.74) is 6.35. The average Bonchev–Trinajstić information content (AvgIpc) is 2.38. The van der Waals surface area contributed by atoms with E-state index < -0.39 is 0 Å². The molecule has 2 amide bonds. The molecule has 0 bridgehead atoms. The molecule has 0 aliphatic carbocycles. The Morgan fingerprint density at radius 2 is 1.10 bits per heavy atom. The Labute approximate surface area is 120 Å². The Morgan fingerprint density at radius 1 is 0.700 bits per heavy atom. The zero-order valence-corrected chi connectivity index (χ0v) is 12.4. The fourth-order valence-electron chi connectivity index (χ4n) is 1.93. The van der Waals surface area contributed by atoms with E-state index in [0.29, 0.717) is 0 Å². The highest BCUT2D eigenvalue weighted by atomic mass is 16.2. The molecule has 0 spiro atoms. The largest absolute Gasteiger partial charge is 0.323 e. The second-order valence-electron chi connectivity index (χ2n) is 5.18. The standard InChI is InChI=1S/C17H20N2O/c1-11-5-7-15(9-13(11)3)18-17(20)19-16-8-6-12(2)14(4)10-16/h5-10H,1-4H3,(H2,18,19,20). The molecule has 0 radical (unpaired) electrons.